The lowest BCUT2D eigenvalue weighted by atomic mass is 10.1. The average molecular weight is 370 g/mol. The van der Waals surface area contributed by atoms with Crippen molar-refractivity contribution in [1.29, 1.82) is 0 Å². The number of hydrogen-bond donors (Lipinski definition) is 2. The maximum absolute atomic E-state index is 14.9. The van der Waals surface area contributed by atoms with Gasteiger partial charge in [-0.1, -0.05) is 0 Å². The molecule has 1 aliphatic heterocycles. The molecule has 1 saturated heterocycles. The predicted molar refractivity (Wildman–Crippen MR) is 97.6 cm³/mol. The topological polar surface area (TPSA) is 99.3 Å². The van der Waals surface area contributed by atoms with Crippen molar-refractivity contribution in [3.05, 3.63) is 38.3 Å². The minimum atomic E-state index is -0.659. The molecule has 136 valence electrons. The number of fused-ring (bicyclic) bond motifs is 1. The lowest BCUT2D eigenvalue weighted by molar-refractivity contribution is 0.612. The van der Waals surface area contributed by atoms with Gasteiger partial charge in [-0.3, -0.25) is 9.36 Å². The fourth-order valence-corrected chi connectivity index (χ4v) is 3.57. The van der Waals surface area contributed by atoms with Crippen molar-refractivity contribution < 1.29 is 4.39 Å². The zero-order valence-electron chi connectivity index (χ0n) is 13.9. The number of halogens is 2. The van der Waals surface area contributed by atoms with Crippen LogP contribution >= 0.6 is 12.4 Å². The van der Waals surface area contributed by atoms with Crippen LogP contribution in [0.2, 0.25) is 0 Å². The number of rotatable bonds is 2. The van der Waals surface area contributed by atoms with E-state index < -0.39 is 17.1 Å². The molecule has 1 unspecified atom stereocenters. The lowest BCUT2D eigenvalue weighted by Gasteiger charge is -2.22. The summed E-state index contributed by atoms with van der Waals surface area (Å²) in [6, 6.07) is 1.63. The smallest absolute Gasteiger partial charge is 0.350 e. The molecule has 4 rings (SSSR count). The van der Waals surface area contributed by atoms with Gasteiger partial charge < -0.3 is 16.5 Å². The van der Waals surface area contributed by atoms with Gasteiger partial charge in [0.1, 0.15) is 5.82 Å². The minimum Gasteiger partial charge on any atom is -0.367 e. The summed E-state index contributed by atoms with van der Waals surface area (Å²) in [5, 5.41) is 0.175. The highest BCUT2D eigenvalue weighted by atomic mass is 35.5. The van der Waals surface area contributed by atoms with Crippen molar-refractivity contribution >= 4 is 29.0 Å². The van der Waals surface area contributed by atoms with Crippen LogP contribution in [0.1, 0.15) is 30.9 Å². The van der Waals surface area contributed by atoms with E-state index in [4.69, 9.17) is 11.6 Å². The summed E-state index contributed by atoms with van der Waals surface area (Å²) in [4.78, 5) is 26.7. The Kier molecular flexibility index (Phi) is 4.28. The Hall–Kier alpha value is -2.06. The largest absolute Gasteiger partial charge is 0.367 e. The lowest BCUT2D eigenvalue weighted by Crippen LogP contribution is -2.44. The molecule has 25 heavy (non-hydrogen) atoms. The quantitative estimate of drug-likeness (QED) is 0.756. The molecule has 2 heterocycles. The molecule has 0 radical (unpaired) electrons. The Morgan fingerprint density at radius 3 is 2.48 bits per heavy atom. The fraction of sp³-hybridized carbons (Fsp3) is 0.500. The summed E-state index contributed by atoms with van der Waals surface area (Å²) in [5.41, 5.74) is 5.80. The van der Waals surface area contributed by atoms with Crippen LogP contribution in [0.3, 0.4) is 0 Å². The molecule has 1 aliphatic carbocycles. The van der Waals surface area contributed by atoms with Crippen LogP contribution in [-0.2, 0) is 0 Å². The van der Waals surface area contributed by atoms with Crippen LogP contribution in [0.4, 0.5) is 10.1 Å². The molecular weight excluding hydrogens is 349 g/mol. The maximum Gasteiger partial charge on any atom is 0.350 e. The molecule has 0 amide bonds. The molecule has 2 fully saturated rings. The standard InChI is InChI=1S/C16H20FN5O2.ClH/c1-8-13-11(6-12(14(8)17)20-5-4-9(18)7-20)21(10-2-3-10)16(24)22(19)15(13)23;/h6,9-10H,2-5,7,18-19H2,1H3;1H. The summed E-state index contributed by atoms with van der Waals surface area (Å²) in [6.07, 6.45) is 2.50. The summed E-state index contributed by atoms with van der Waals surface area (Å²) in [7, 11) is 0. The molecule has 0 bridgehead atoms. The van der Waals surface area contributed by atoms with Crippen LogP contribution in [0.15, 0.2) is 15.7 Å². The van der Waals surface area contributed by atoms with Crippen molar-refractivity contribution in [2.75, 3.05) is 23.8 Å². The highest BCUT2D eigenvalue weighted by Crippen LogP contribution is 2.37. The van der Waals surface area contributed by atoms with E-state index in [1.54, 1.807) is 13.0 Å². The Morgan fingerprint density at radius 1 is 1.24 bits per heavy atom. The van der Waals surface area contributed by atoms with Gasteiger partial charge in [0.15, 0.2) is 0 Å². The number of benzene rings is 1. The molecule has 7 nitrogen and oxygen atoms in total. The van der Waals surface area contributed by atoms with Crippen molar-refractivity contribution in [3.63, 3.8) is 0 Å². The average Bonchev–Trinajstić information content (AvgIpc) is 3.29. The summed E-state index contributed by atoms with van der Waals surface area (Å²) >= 11 is 0. The van der Waals surface area contributed by atoms with Crippen LogP contribution < -0.4 is 27.7 Å². The monoisotopic (exact) mass is 369 g/mol. The van der Waals surface area contributed by atoms with Crippen LogP contribution in [0.5, 0.6) is 0 Å². The van der Waals surface area contributed by atoms with Gasteiger partial charge in [0.25, 0.3) is 5.56 Å². The van der Waals surface area contributed by atoms with Gasteiger partial charge in [-0.15, -0.1) is 12.4 Å². The second-order valence-corrected chi connectivity index (χ2v) is 6.78. The number of aryl methyl sites for hydroxylation is 1. The Bertz CT molecular complexity index is 966. The molecule has 1 aromatic carbocycles. The molecule has 2 aliphatic rings. The third-order valence-electron chi connectivity index (χ3n) is 5.04. The first-order valence-electron chi connectivity index (χ1n) is 8.16. The van der Waals surface area contributed by atoms with E-state index >= 15 is 0 Å². The highest BCUT2D eigenvalue weighted by molar-refractivity contribution is 5.86. The molecular formula is C16H21ClFN5O2. The number of aromatic nitrogens is 2. The number of hydrogen-bond acceptors (Lipinski definition) is 5. The molecule has 4 N–H and O–H groups in total. The third kappa shape index (κ3) is 2.60. The van der Waals surface area contributed by atoms with E-state index in [9.17, 15) is 14.0 Å². The first-order chi connectivity index (χ1) is 11.4. The Balaban J connectivity index is 0.00000182. The van der Waals surface area contributed by atoms with E-state index in [0.717, 1.165) is 19.3 Å². The zero-order valence-corrected chi connectivity index (χ0v) is 14.7. The van der Waals surface area contributed by atoms with Crippen LogP contribution in [-0.4, -0.2) is 28.4 Å². The van der Waals surface area contributed by atoms with E-state index in [1.807, 2.05) is 4.90 Å². The Labute approximate surface area is 149 Å². The predicted octanol–water partition coefficient (Wildman–Crippen LogP) is 0.619. The summed E-state index contributed by atoms with van der Waals surface area (Å²) in [6.45, 7) is 2.77. The fourth-order valence-electron chi connectivity index (χ4n) is 3.57. The van der Waals surface area contributed by atoms with E-state index in [2.05, 4.69) is 0 Å². The molecule has 1 aromatic heterocycles. The van der Waals surface area contributed by atoms with Gasteiger partial charge in [0.05, 0.1) is 16.6 Å². The molecule has 2 aromatic rings. The molecule has 1 saturated carbocycles. The van der Waals surface area contributed by atoms with Crippen molar-refractivity contribution in [1.82, 2.24) is 9.24 Å². The van der Waals surface area contributed by atoms with Crippen LogP contribution in [0.25, 0.3) is 10.9 Å². The first kappa shape index (κ1) is 17.8. The molecule has 0 spiro atoms. The SMILES string of the molecule is Cc1c(F)c(N2CCC(N)C2)cc2c1c(=O)n(N)c(=O)n2C1CC1.Cl. The second kappa shape index (κ2) is 6.03. The van der Waals surface area contributed by atoms with Gasteiger partial charge >= 0.3 is 5.69 Å². The third-order valence-corrected chi connectivity index (χ3v) is 5.04. The zero-order chi connectivity index (χ0) is 17.2. The minimum absolute atomic E-state index is 0. The van der Waals surface area contributed by atoms with Crippen molar-refractivity contribution in [3.8, 4) is 0 Å². The summed E-state index contributed by atoms with van der Waals surface area (Å²) in [5.74, 6) is 5.18. The van der Waals surface area contributed by atoms with E-state index in [-0.39, 0.29) is 35.4 Å². The maximum atomic E-state index is 14.9. The number of nitrogen functional groups attached to an aromatic ring is 1. The van der Waals surface area contributed by atoms with Gasteiger partial charge in [-0.25, -0.2) is 9.18 Å². The molecule has 1 atom stereocenters. The van der Waals surface area contributed by atoms with Gasteiger partial charge in [-0.2, -0.15) is 4.68 Å². The van der Waals surface area contributed by atoms with Gasteiger partial charge in [0.2, 0.25) is 0 Å². The van der Waals surface area contributed by atoms with E-state index in [1.165, 1.54) is 4.57 Å². The highest BCUT2D eigenvalue weighted by Gasteiger charge is 2.31. The molecule has 9 heteroatoms. The normalized spacial score (nSPS) is 20.1. The van der Waals surface area contributed by atoms with Gasteiger partial charge in [0, 0.05) is 30.7 Å². The van der Waals surface area contributed by atoms with Crippen LogP contribution in [0, 0.1) is 12.7 Å². The Morgan fingerprint density at radius 2 is 1.92 bits per heavy atom. The number of nitrogens with two attached hydrogens (primary N) is 2. The number of nitrogens with zero attached hydrogens (tertiary/aromatic N) is 3. The van der Waals surface area contributed by atoms with Crippen molar-refractivity contribution in [2.24, 2.45) is 5.73 Å². The van der Waals surface area contributed by atoms with Crippen molar-refractivity contribution in [2.45, 2.75) is 38.3 Å². The van der Waals surface area contributed by atoms with Gasteiger partial charge in [-0.05, 0) is 32.3 Å². The second-order valence-electron chi connectivity index (χ2n) is 6.78. The first-order valence-corrected chi connectivity index (χ1v) is 8.16. The number of anilines is 1. The summed E-state index contributed by atoms with van der Waals surface area (Å²) < 4.78 is 17.0. The van der Waals surface area contributed by atoms with E-state index in [0.29, 0.717) is 29.0 Å².